The number of rotatable bonds is 4. The minimum absolute atomic E-state index is 0.160. The molecule has 0 radical (unpaired) electrons. The van der Waals surface area contributed by atoms with Crippen molar-refractivity contribution >= 4 is 5.97 Å². The molecule has 0 fully saturated rings. The monoisotopic (exact) mass is 211 g/mol. The molecule has 1 aromatic rings. The number of hydrogen-bond acceptors (Lipinski definition) is 3. The minimum Gasteiger partial charge on any atom is -0.468 e. The highest BCUT2D eigenvalue weighted by Gasteiger charge is 2.01. The van der Waals surface area contributed by atoms with Crippen LogP contribution in [-0.4, -0.2) is 19.6 Å². The van der Waals surface area contributed by atoms with Crippen LogP contribution in [0.5, 0.6) is 0 Å². The van der Waals surface area contributed by atoms with Gasteiger partial charge in [-0.05, 0) is 24.1 Å². The van der Waals surface area contributed by atoms with E-state index in [4.69, 9.17) is 0 Å². The molecule has 0 bridgehead atoms. The zero-order chi connectivity index (χ0) is 11.3. The number of halogens is 1. The van der Waals surface area contributed by atoms with E-state index in [1.54, 1.807) is 19.1 Å². The lowest BCUT2D eigenvalue weighted by Crippen LogP contribution is -2.23. The number of ether oxygens (including phenoxy) is 1. The third-order valence-corrected chi connectivity index (χ3v) is 2.05. The summed E-state index contributed by atoms with van der Waals surface area (Å²) >= 11 is 0. The second kappa shape index (κ2) is 5.46. The number of esters is 1. The molecule has 82 valence electrons. The zero-order valence-electron chi connectivity index (χ0n) is 8.84. The fourth-order valence-corrected chi connectivity index (χ4v) is 1.20. The summed E-state index contributed by atoms with van der Waals surface area (Å²) in [5.74, 6) is -0.527. The molecule has 0 aliphatic heterocycles. The predicted octanol–water partition coefficient (Wildman–Crippen LogP) is 1.40. The number of hydrogen-bond donors (Lipinski definition) is 1. The molecule has 4 heteroatoms. The van der Waals surface area contributed by atoms with Gasteiger partial charge >= 0.3 is 5.97 Å². The summed E-state index contributed by atoms with van der Waals surface area (Å²) in [6.07, 6.45) is 0. The van der Waals surface area contributed by atoms with Crippen molar-refractivity contribution in [3.8, 4) is 0 Å². The van der Waals surface area contributed by atoms with Crippen LogP contribution in [0.4, 0.5) is 4.39 Å². The van der Waals surface area contributed by atoms with Gasteiger partial charge in [0.2, 0.25) is 0 Å². The summed E-state index contributed by atoms with van der Waals surface area (Å²) in [5, 5.41) is 2.90. The molecule has 0 aliphatic carbocycles. The standard InChI is InChI=1S/C11H14FNO2/c1-8-5-9(3-4-10(8)12)6-13-7-11(14)15-2/h3-5,13H,6-7H2,1-2H3. The van der Waals surface area contributed by atoms with Crippen LogP contribution in [0.3, 0.4) is 0 Å². The SMILES string of the molecule is COC(=O)CNCc1ccc(F)c(C)c1. The Balaban J connectivity index is 2.44. The third-order valence-electron chi connectivity index (χ3n) is 2.05. The Labute approximate surface area is 88.2 Å². The highest BCUT2D eigenvalue weighted by atomic mass is 19.1. The first-order valence-corrected chi connectivity index (χ1v) is 4.66. The van der Waals surface area contributed by atoms with Crippen molar-refractivity contribution in [2.45, 2.75) is 13.5 Å². The summed E-state index contributed by atoms with van der Waals surface area (Å²) in [5.41, 5.74) is 1.55. The number of benzene rings is 1. The average molecular weight is 211 g/mol. The van der Waals surface area contributed by atoms with E-state index < -0.39 is 0 Å². The van der Waals surface area contributed by atoms with Gasteiger partial charge < -0.3 is 10.1 Å². The van der Waals surface area contributed by atoms with E-state index in [-0.39, 0.29) is 18.3 Å². The normalized spacial score (nSPS) is 10.1. The molecule has 0 saturated carbocycles. The maximum atomic E-state index is 12.9. The van der Waals surface area contributed by atoms with Crippen LogP contribution in [0.1, 0.15) is 11.1 Å². The van der Waals surface area contributed by atoms with Gasteiger partial charge in [0.05, 0.1) is 13.7 Å². The van der Waals surface area contributed by atoms with Gasteiger partial charge in [-0.25, -0.2) is 4.39 Å². The van der Waals surface area contributed by atoms with E-state index in [1.165, 1.54) is 13.2 Å². The van der Waals surface area contributed by atoms with Gasteiger partial charge in [-0.2, -0.15) is 0 Å². The smallest absolute Gasteiger partial charge is 0.319 e. The van der Waals surface area contributed by atoms with Crippen molar-refractivity contribution in [3.63, 3.8) is 0 Å². The third kappa shape index (κ3) is 3.67. The second-order valence-electron chi connectivity index (χ2n) is 3.26. The number of aryl methyl sites for hydroxylation is 1. The summed E-state index contributed by atoms with van der Waals surface area (Å²) in [6, 6.07) is 4.86. The first-order valence-electron chi connectivity index (χ1n) is 4.66. The largest absolute Gasteiger partial charge is 0.468 e. The van der Waals surface area contributed by atoms with Crippen molar-refractivity contribution < 1.29 is 13.9 Å². The van der Waals surface area contributed by atoms with Crippen LogP contribution in [0.2, 0.25) is 0 Å². The highest BCUT2D eigenvalue weighted by Crippen LogP contribution is 2.08. The Morgan fingerprint density at radius 2 is 2.27 bits per heavy atom. The average Bonchev–Trinajstić information content (AvgIpc) is 2.23. The molecule has 1 aromatic carbocycles. The van der Waals surface area contributed by atoms with Gasteiger partial charge in [0.25, 0.3) is 0 Å². The highest BCUT2D eigenvalue weighted by molar-refractivity contribution is 5.71. The lowest BCUT2D eigenvalue weighted by molar-refractivity contribution is -0.139. The van der Waals surface area contributed by atoms with E-state index in [9.17, 15) is 9.18 Å². The molecule has 3 nitrogen and oxygen atoms in total. The van der Waals surface area contributed by atoms with Gasteiger partial charge in [0.1, 0.15) is 5.82 Å². The van der Waals surface area contributed by atoms with Crippen molar-refractivity contribution in [1.29, 1.82) is 0 Å². The van der Waals surface area contributed by atoms with Gasteiger partial charge in [0, 0.05) is 6.54 Å². The van der Waals surface area contributed by atoms with Crippen molar-refractivity contribution in [2.24, 2.45) is 0 Å². The van der Waals surface area contributed by atoms with Crippen LogP contribution >= 0.6 is 0 Å². The lowest BCUT2D eigenvalue weighted by Gasteiger charge is -2.05. The molecule has 0 aliphatic rings. The van der Waals surface area contributed by atoms with Gasteiger partial charge in [-0.3, -0.25) is 4.79 Å². The molecule has 0 unspecified atom stereocenters. The lowest BCUT2D eigenvalue weighted by atomic mass is 10.1. The van der Waals surface area contributed by atoms with Crippen LogP contribution in [0.25, 0.3) is 0 Å². The number of carbonyl (C=O) groups excluding carboxylic acids is 1. The van der Waals surface area contributed by atoms with Gasteiger partial charge in [0.15, 0.2) is 0 Å². The Morgan fingerprint density at radius 3 is 2.87 bits per heavy atom. The zero-order valence-corrected chi connectivity index (χ0v) is 8.84. The maximum absolute atomic E-state index is 12.9. The summed E-state index contributed by atoms with van der Waals surface area (Å²) in [7, 11) is 1.34. The fourth-order valence-electron chi connectivity index (χ4n) is 1.20. The number of methoxy groups -OCH3 is 1. The van der Waals surface area contributed by atoms with Gasteiger partial charge in [-0.15, -0.1) is 0 Å². The fraction of sp³-hybridized carbons (Fsp3) is 0.364. The van der Waals surface area contributed by atoms with Crippen molar-refractivity contribution in [2.75, 3.05) is 13.7 Å². The van der Waals surface area contributed by atoms with E-state index in [0.717, 1.165) is 5.56 Å². The topological polar surface area (TPSA) is 38.3 Å². The van der Waals surface area contributed by atoms with Gasteiger partial charge in [-0.1, -0.05) is 12.1 Å². The van der Waals surface area contributed by atoms with E-state index >= 15 is 0 Å². The molecule has 0 spiro atoms. The first kappa shape index (κ1) is 11.7. The Kier molecular flexibility index (Phi) is 4.24. The van der Waals surface area contributed by atoms with Crippen LogP contribution in [0.15, 0.2) is 18.2 Å². The second-order valence-corrected chi connectivity index (χ2v) is 3.26. The van der Waals surface area contributed by atoms with Crippen molar-refractivity contribution in [1.82, 2.24) is 5.32 Å². The molecule has 1 N–H and O–H groups in total. The van der Waals surface area contributed by atoms with Crippen molar-refractivity contribution in [3.05, 3.63) is 35.1 Å². The number of carbonyl (C=O) groups is 1. The van der Waals surface area contributed by atoms with E-state index in [2.05, 4.69) is 10.1 Å². The van der Waals surface area contributed by atoms with Crippen LogP contribution in [0, 0.1) is 12.7 Å². The molecule has 15 heavy (non-hydrogen) atoms. The summed E-state index contributed by atoms with van der Waals surface area (Å²) in [4.78, 5) is 10.8. The molecular formula is C11H14FNO2. The molecule has 0 atom stereocenters. The molecule has 1 rings (SSSR count). The first-order chi connectivity index (χ1) is 7.13. The molecule has 0 saturated heterocycles. The minimum atomic E-state index is -0.311. The maximum Gasteiger partial charge on any atom is 0.319 e. The Morgan fingerprint density at radius 1 is 1.53 bits per heavy atom. The van der Waals surface area contributed by atoms with E-state index in [1.807, 2.05) is 0 Å². The molecule has 0 heterocycles. The van der Waals surface area contributed by atoms with E-state index in [0.29, 0.717) is 12.1 Å². The Hall–Kier alpha value is -1.42. The summed E-state index contributed by atoms with van der Waals surface area (Å²) in [6.45, 7) is 2.39. The molecular weight excluding hydrogens is 197 g/mol. The Bertz CT molecular complexity index is 352. The van der Waals surface area contributed by atoms with Crippen LogP contribution in [-0.2, 0) is 16.1 Å². The number of nitrogens with one attached hydrogen (secondary N) is 1. The predicted molar refractivity (Wildman–Crippen MR) is 54.9 cm³/mol. The summed E-state index contributed by atoms with van der Waals surface area (Å²) < 4.78 is 17.4. The molecule has 0 aromatic heterocycles. The van der Waals surface area contributed by atoms with Crippen LogP contribution < -0.4 is 5.32 Å². The quantitative estimate of drug-likeness (QED) is 0.765. The molecule has 0 amide bonds.